The molecule has 1 amide bonds. The summed E-state index contributed by atoms with van der Waals surface area (Å²) in [6.07, 6.45) is 16.2. The first kappa shape index (κ1) is 21.8. The predicted molar refractivity (Wildman–Crippen MR) is 134 cm³/mol. The quantitative estimate of drug-likeness (QED) is 0.424. The van der Waals surface area contributed by atoms with E-state index in [1.54, 1.807) is 0 Å². The van der Waals surface area contributed by atoms with Gasteiger partial charge in [0.25, 0.3) is 0 Å². The first-order valence-corrected chi connectivity index (χ1v) is 12.5. The van der Waals surface area contributed by atoms with E-state index in [1.807, 2.05) is 35.2 Å². The standard InChI is InChI=1S/C29H34N2O2/c32-29(33-21-24-10-2-1-3-11-24)31-17-7-14-26(31)19-25-20-30-28-16-15-23(18-27(25)28)13-6-12-22-8-4-5-9-22/h1-3,6,10-11,13,15-16,18,20,22,26,30H,4-5,7-9,12,14,17,19,21H2/b13-6+/t26-/m1/s1. The maximum Gasteiger partial charge on any atom is 0.410 e. The molecule has 0 bridgehead atoms. The van der Waals surface area contributed by atoms with Crippen LogP contribution in [0.4, 0.5) is 4.79 Å². The molecule has 4 heteroatoms. The Morgan fingerprint density at radius 3 is 2.76 bits per heavy atom. The second-order valence-electron chi connectivity index (χ2n) is 9.64. The first-order valence-electron chi connectivity index (χ1n) is 12.5. The number of rotatable bonds is 7. The van der Waals surface area contributed by atoms with Crippen molar-refractivity contribution in [2.75, 3.05) is 6.54 Å². The average Bonchev–Trinajstić information content (AvgIpc) is 3.61. The van der Waals surface area contributed by atoms with E-state index in [0.29, 0.717) is 6.61 Å². The van der Waals surface area contributed by atoms with E-state index < -0.39 is 0 Å². The highest BCUT2D eigenvalue weighted by molar-refractivity contribution is 5.85. The van der Waals surface area contributed by atoms with E-state index >= 15 is 0 Å². The monoisotopic (exact) mass is 442 g/mol. The minimum Gasteiger partial charge on any atom is -0.445 e. The first-order chi connectivity index (χ1) is 16.3. The summed E-state index contributed by atoms with van der Waals surface area (Å²) in [7, 11) is 0. The number of carbonyl (C=O) groups excluding carboxylic acids is 1. The number of hydrogen-bond acceptors (Lipinski definition) is 2. The normalized spacial score (nSPS) is 19.2. The number of carbonyl (C=O) groups is 1. The van der Waals surface area contributed by atoms with Gasteiger partial charge in [-0.15, -0.1) is 0 Å². The maximum absolute atomic E-state index is 12.8. The van der Waals surface area contributed by atoms with Crippen LogP contribution in [-0.4, -0.2) is 28.6 Å². The van der Waals surface area contributed by atoms with Gasteiger partial charge in [0.1, 0.15) is 6.61 Å². The Morgan fingerprint density at radius 2 is 1.91 bits per heavy atom. The zero-order chi connectivity index (χ0) is 22.5. The van der Waals surface area contributed by atoms with Crippen LogP contribution in [0.2, 0.25) is 0 Å². The van der Waals surface area contributed by atoms with E-state index in [1.165, 1.54) is 48.6 Å². The summed E-state index contributed by atoms with van der Waals surface area (Å²) in [5.41, 5.74) is 4.72. The molecule has 1 aliphatic heterocycles. The molecule has 0 radical (unpaired) electrons. The van der Waals surface area contributed by atoms with Gasteiger partial charge in [-0.2, -0.15) is 0 Å². The van der Waals surface area contributed by atoms with E-state index in [0.717, 1.165) is 42.8 Å². The summed E-state index contributed by atoms with van der Waals surface area (Å²) in [6.45, 7) is 1.10. The number of aromatic nitrogens is 1. The summed E-state index contributed by atoms with van der Waals surface area (Å²) in [6, 6.07) is 16.7. The SMILES string of the molecule is O=C(OCc1ccccc1)N1CCC[C@@H]1Cc1c[nH]c2ccc(/C=C/CC3CCCC3)cc12. The number of fused-ring (bicyclic) bond motifs is 1. The molecular formula is C29H34N2O2. The lowest BCUT2D eigenvalue weighted by Gasteiger charge is -2.24. The van der Waals surface area contributed by atoms with E-state index in [4.69, 9.17) is 4.74 Å². The highest BCUT2D eigenvalue weighted by Crippen LogP contribution is 2.29. The fourth-order valence-electron chi connectivity index (χ4n) is 5.46. The van der Waals surface area contributed by atoms with Gasteiger partial charge in [-0.05, 0) is 60.4 Å². The predicted octanol–water partition coefficient (Wildman–Crippen LogP) is 7.11. The van der Waals surface area contributed by atoms with Crippen LogP contribution in [0.25, 0.3) is 17.0 Å². The molecule has 2 fully saturated rings. The van der Waals surface area contributed by atoms with Crippen LogP contribution >= 0.6 is 0 Å². The van der Waals surface area contributed by atoms with E-state index in [9.17, 15) is 4.79 Å². The lowest BCUT2D eigenvalue weighted by atomic mass is 10.0. The molecule has 1 N–H and O–H groups in total. The van der Waals surface area contributed by atoms with Crippen molar-refractivity contribution >= 4 is 23.1 Å². The van der Waals surface area contributed by atoms with Gasteiger partial charge in [-0.3, -0.25) is 0 Å². The molecule has 4 nitrogen and oxygen atoms in total. The minimum atomic E-state index is -0.197. The summed E-state index contributed by atoms with van der Waals surface area (Å²) in [5.74, 6) is 0.878. The summed E-state index contributed by atoms with van der Waals surface area (Å²) >= 11 is 0. The number of allylic oxidation sites excluding steroid dienone is 1. The molecule has 2 aliphatic rings. The molecule has 1 atom stereocenters. The van der Waals surface area contributed by atoms with Crippen LogP contribution in [0, 0.1) is 5.92 Å². The van der Waals surface area contributed by atoms with Gasteiger partial charge in [0, 0.05) is 29.7 Å². The van der Waals surface area contributed by atoms with Crippen molar-refractivity contribution in [3.63, 3.8) is 0 Å². The van der Waals surface area contributed by atoms with Crippen molar-refractivity contribution in [2.45, 2.75) is 64.0 Å². The molecule has 33 heavy (non-hydrogen) atoms. The van der Waals surface area contributed by atoms with E-state index in [-0.39, 0.29) is 12.1 Å². The molecule has 5 rings (SSSR count). The smallest absolute Gasteiger partial charge is 0.410 e. The average molecular weight is 443 g/mol. The molecule has 1 saturated carbocycles. The fraction of sp³-hybridized carbons (Fsp3) is 0.414. The lowest BCUT2D eigenvalue weighted by molar-refractivity contribution is 0.0921. The Morgan fingerprint density at radius 1 is 1.06 bits per heavy atom. The zero-order valence-electron chi connectivity index (χ0n) is 19.3. The molecule has 0 unspecified atom stereocenters. The third-order valence-corrected chi connectivity index (χ3v) is 7.32. The van der Waals surface area contributed by atoms with Crippen molar-refractivity contribution in [3.05, 3.63) is 77.5 Å². The number of amides is 1. The largest absolute Gasteiger partial charge is 0.445 e. The van der Waals surface area contributed by atoms with Gasteiger partial charge >= 0.3 is 6.09 Å². The number of nitrogens with zero attached hydrogens (tertiary/aromatic N) is 1. The number of H-pyrrole nitrogens is 1. The molecule has 3 aromatic rings. The number of benzene rings is 2. The van der Waals surface area contributed by atoms with E-state index in [2.05, 4.69) is 41.5 Å². The highest BCUT2D eigenvalue weighted by Gasteiger charge is 2.30. The van der Waals surface area contributed by atoms with Gasteiger partial charge in [0.2, 0.25) is 0 Å². The molecule has 0 spiro atoms. The second-order valence-corrected chi connectivity index (χ2v) is 9.64. The van der Waals surface area contributed by atoms with Crippen LogP contribution in [0.3, 0.4) is 0 Å². The molecule has 1 aromatic heterocycles. The van der Waals surface area contributed by atoms with Crippen molar-refractivity contribution < 1.29 is 9.53 Å². The second kappa shape index (κ2) is 10.3. The summed E-state index contributed by atoms with van der Waals surface area (Å²) in [5, 5.41) is 1.27. The Bertz CT molecular complexity index is 1100. The number of hydrogen-bond donors (Lipinski definition) is 1. The Hall–Kier alpha value is -3.01. The Labute approximate surface area is 196 Å². The number of ether oxygens (including phenoxy) is 1. The van der Waals surface area contributed by atoms with Crippen LogP contribution in [0.5, 0.6) is 0 Å². The topological polar surface area (TPSA) is 45.3 Å². The van der Waals surface area contributed by atoms with Crippen LogP contribution in [0.1, 0.15) is 61.6 Å². The molecular weight excluding hydrogens is 408 g/mol. The van der Waals surface area contributed by atoms with Crippen molar-refractivity contribution in [1.82, 2.24) is 9.88 Å². The van der Waals surface area contributed by atoms with Gasteiger partial charge in [0.15, 0.2) is 0 Å². The molecule has 172 valence electrons. The lowest BCUT2D eigenvalue weighted by Crippen LogP contribution is -2.37. The molecule has 2 aromatic carbocycles. The third kappa shape index (κ3) is 5.32. The molecule has 2 heterocycles. The Kier molecular flexibility index (Phi) is 6.80. The number of likely N-dealkylation sites (tertiary alicyclic amines) is 1. The minimum absolute atomic E-state index is 0.189. The highest BCUT2D eigenvalue weighted by atomic mass is 16.6. The third-order valence-electron chi connectivity index (χ3n) is 7.32. The van der Waals surface area contributed by atoms with Crippen LogP contribution in [-0.2, 0) is 17.8 Å². The van der Waals surface area contributed by atoms with Gasteiger partial charge in [-0.25, -0.2) is 4.79 Å². The van der Waals surface area contributed by atoms with Gasteiger partial charge in [0.05, 0.1) is 0 Å². The van der Waals surface area contributed by atoms with Crippen LogP contribution in [0.15, 0.2) is 60.8 Å². The van der Waals surface area contributed by atoms with Crippen molar-refractivity contribution in [1.29, 1.82) is 0 Å². The van der Waals surface area contributed by atoms with Crippen LogP contribution < -0.4 is 0 Å². The summed E-state index contributed by atoms with van der Waals surface area (Å²) in [4.78, 5) is 18.1. The maximum atomic E-state index is 12.8. The molecule has 1 saturated heterocycles. The zero-order valence-corrected chi connectivity index (χ0v) is 19.3. The summed E-state index contributed by atoms with van der Waals surface area (Å²) < 4.78 is 5.62. The van der Waals surface area contributed by atoms with Gasteiger partial charge < -0.3 is 14.6 Å². The fourth-order valence-corrected chi connectivity index (χ4v) is 5.46. The van der Waals surface area contributed by atoms with Gasteiger partial charge in [-0.1, -0.05) is 74.2 Å². The Balaban J connectivity index is 1.23. The molecule has 1 aliphatic carbocycles. The number of aromatic amines is 1. The van der Waals surface area contributed by atoms with Crippen molar-refractivity contribution in [3.8, 4) is 0 Å². The van der Waals surface area contributed by atoms with Crippen molar-refractivity contribution in [2.24, 2.45) is 5.92 Å². The number of nitrogens with one attached hydrogen (secondary N) is 1.